The van der Waals surface area contributed by atoms with E-state index < -0.39 is 6.10 Å². The standard InChI is InChI=1S/C21H26N2O3/c1-4-5-13-25-17(3)21(24)23-16(2)19-8-10-20(11-9-19)26-15-18-7-6-12-22-14-18/h4,6-12,14,16-17H,1,5,13,15H2,2-3H3,(H,23,24). The predicted octanol–water partition coefficient (Wildman–Crippen LogP) is 3.82. The van der Waals surface area contributed by atoms with Crippen molar-refractivity contribution in [3.05, 3.63) is 72.6 Å². The summed E-state index contributed by atoms with van der Waals surface area (Å²) in [6.07, 6.45) is 5.53. The summed E-state index contributed by atoms with van der Waals surface area (Å²) in [7, 11) is 0. The van der Waals surface area contributed by atoms with Gasteiger partial charge in [0.15, 0.2) is 0 Å². The highest BCUT2D eigenvalue weighted by Crippen LogP contribution is 2.18. The Kier molecular flexibility index (Phi) is 7.83. The highest BCUT2D eigenvalue weighted by Gasteiger charge is 2.16. The first kappa shape index (κ1) is 19.7. The molecular weight excluding hydrogens is 328 g/mol. The van der Waals surface area contributed by atoms with Crippen LogP contribution in [-0.2, 0) is 16.1 Å². The predicted molar refractivity (Wildman–Crippen MR) is 102 cm³/mol. The van der Waals surface area contributed by atoms with Crippen molar-refractivity contribution >= 4 is 5.91 Å². The molecule has 1 heterocycles. The number of carbonyl (C=O) groups excluding carboxylic acids is 1. The summed E-state index contributed by atoms with van der Waals surface area (Å²) in [6, 6.07) is 11.4. The Hall–Kier alpha value is -2.66. The van der Waals surface area contributed by atoms with Crippen LogP contribution < -0.4 is 10.1 Å². The van der Waals surface area contributed by atoms with Gasteiger partial charge in [-0.15, -0.1) is 6.58 Å². The number of carbonyl (C=O) groups is 1. The third kappa shape index (κ3) is 6.33. The minimum atomic E-state index is -0.487. The van der Waals surface area contributed by atoms with Gasteiger partial charge in [0, 0.05) is 18.0 Å². The zero-order valence-electron chi connectivity index (χ0n) is 15.4. The molecule has 0 saturated heterocycles. The maximum atomic E-state index is 12.2. The van der Waals surface area contributed by atoms with E-state index in [4.69, 9.17) is 9.47 Å². The lowest BCUT2D eigenvalue weighted by molar-refractivity contribution is -0.132. The highest BCUT2D eigenvalue weighted by molar-refractivity contribution is 5.80. The van der Waals surface area contributed by atoms with Crippen molar-refractivity contribution < 1.29 is 14.3 Å². The number of nitrogens with zero attached hydrogens (tertiary/aromatic N) is 1. The zero-order chi connectivity index (χ0) is 18.8. The summed E-state index contributed by atoms with van der Waals surface area (Å²) in [5.74, 6) is 0.649. The highest BCUT2D eigenvalue weighted by atomic mass is 16.5. The number of rotatable bonds is 10. The molecule has 1 aromatic carbocycles. The second-order valence-corrected chi connectivity index (χ2v) is 6.04. The molecule has 2 aromatic rings. The fraction of sp³-hybridized carbons (Fsp3) is 0.333. The van der Waals surface area contributed by atoms with Crippen LogP contribution in [0.2, 0.25) is 0 Å². The molecule has 0 aliphatic heterocycles. The van der Waals surface area contributed by atoms with Crippen LogP contribution in [0.5, 0.6) is 5.75 Å². The molecule has 2 rings (SSSR count). The molecule has 26 heavy (non-hydrogen) atoms. The molecule has 2 atom stereocenters. The van der Waals surface area contributed by atoms with Gasteiger partial charge < -0.3 is 14.8 Å². The summed E-state index contributed by atoms with van der Waals surface area (Å²) >= 11 is 0. The molecule has 1 amide bonds. The minimum Gasteiger partial charge on any atom is -0.489 e. The van der Waals surface area contributed by atoms with Crippen LogP contribution in [-0.4, -0.2) is 23.6 Å². The molecule has 138 valence electrons. The number of benzene rings is 1. The van der Waals surface area contributed by atoms with Crippen LogP contribution in [0.1, 0.15) is 37.4 Å². The summed E-state index contributed by atoms with van der Waals surface area (Å²) < 4.78 is 11.2. The Balaban J connectivity index is 1.82. The minimum absolute atomic E-state index is 0.111. The van der Waals surface area contributed by atoms with Crippen molar-refractivity contribution in [2.24, 2.45) is 0 Å². The molecule has 5 nitrogen and oxygen atoms in total. The molecule has 0 saturated carbocycles. The molecule has 1 aromatic heterocycles. The number of hydrogen-bond donors (Lipinski definition) is 1. The van der Waals surface area contributed by atoms with Gasteiger partial charge >= 0.3 is 0 Å². The molecule has 5 heteroatoms. The molecule has 0 fully saturated rings. The number of nitrogens with one attached hydrogen (secondary N) is 1. The third-order valence-electron chi connectivity index (χ3n) is 3.93. The molecule has 0 aliphatic rings. The summed E-state index contributed by atoms with van der Waals surface area (Å²) in [4.78, 5) is 16.2. The van der Waals surface area contributed by atoms with Crippen molar-refractivity contribution in [3.63, 3.8) is 0 Å². The van der Waals surface area contributed by atoms with Gasteiger partial charge in [-0.25, -0.2) is 0 Å². The average molecular weight is 354 g/mol. The SMILES string of the molecule is C=CCCOC(C)C(=O)NC(C)c1ccc(OCc2cccnc2)cc1. The van der Waals surface area contributed by atoms with Crippen LogP contribution in [0.3, 0.4) is 0 Å². The summed E-state index contributed by atoms with van der Waals surface area (Å²) in [5, 5.41) is 2.96. The van der Waals surface area contributed by atoms with Crippen LogP contribution >= 0.6 is 0 Å². The van der Waals surface area contributed by atoms with Crippen molar-refractivity contribution in [1.82, 2.24) is 10.3 Å². The topological polar surface area (TPSA) is 60.5 Å². The fourth-order valence-electron chi connectivity index (χ4n) is 2.32. The Morgan fingerprint density at radius 1 is 1.27 bits per heavy atom. The number of pyridine rings is 1. The van der Waals surface area contributed by atoms with Gasteiger partial charge in [-0.2, -0.15) is 0 Å². The van der Waals surface area contributed by atoms with Crippen molar-refractivity contribution in [2.75, 3.05) is 6.61 Å². The lowest BCUT2D eigenvalue weighted by atomic mass is 10.1. The van der Waals surface area contributed by atoms with E-state index in [0.29, 0.717) is 13.2 Å². The van der Waals surface area contributed by atoms with Gasteiger partial charge in [0.05, 0.1) is 12.6 Å². The lowest BCUT2D eigenvalue weighted by Gasteiger charge is -2.18. The number of aromatic nitrogens is 1. The molecule has 2 unspecified atom stereocenters. The van der Waals surface area contributed by atoms with E-state index >= 15 is 0 Å². The van der Waals surface area contributed by atoms with Gasteiger partial charge in [-0.05, 0) is 44.0 Å². The van der Waals surface area contributed by atoms with E-state index in [2.05, 4.69) is 16.9 Å². The van der Waals surface area contributed by atoms with Gasteiger partial charge in [0.25, 0.3) is 0 Å². The largest absolute Gasteiger partial charge is 0.489 e. The van der Waals surface area contributed by atoms with Crippen molar-refractivity contribution in [3.8, 4) is 5.75 Å². The van der Waals surface area contributed by atoms with E-state index in [-0.39, 0.29) is 11.9 Å². The smallest absolute Gasteiger partial charge is 0.249 e. The van der Waals surface area contributed by atoms with Crippen LogP contribution in [0.4, 0.5) is 0 Å². The molecule has 0 radical (unpaired) electrons. The average Bonchev–Trinajstić information content (AvgIpc) is 2.67. The lowest BCUT2D eigenvalue weighted by Crippen LogP contribution is -2.36. The Bertz CT molecular complexity index is 686. The van der Waals surface area contributed by atoms with E-state index in [1.165, 1.54) is 0 Å². The van der Waals surface area contributed by atoms with Crippen LogP contribution in [0.15, 0.2) is 61.4 Å². The van der Waals surface area contributed by atoms with Crippen molar-refractivity contribution in [2.45, 2.75) is 39.0 Å². The Morgan fingerprint density at radius 2 is 2.04 bits per heavy atom. The molecular formula is C21H26N2O3. The summed E-state index contributed by atoms with van der Waals surface area (Å²) in [6.45, 7) is 8.30. The van der Waals surface area contributed by atoms with E-state index in [1.54, 1.807) is 25.4 Å². The fourth-order valence-corrected chi connectivity index (χ4v) is 2.32. The van der Waals surface area contributed by atoms with Gasteiger partial charge in [0.2, 0.25) is 5.91 Å². The first-order valence-corrected chi connectivity index (χ1v) is 8.74. The zero-order valence-corrected chi connectivity index (χ0v) is 15.4. The Labute approximate surface area is 155 Å². The molecule has 0 spiro atoms. The van der Waals surface area contributed by atoms with E-state index in [1.807, 2.05) is 43.3 Å². The molecule has 0 aliphatic carbocycles. The molecule has 0 bridgehead atoms. The number of ether oxygens (including phenoxy) is 2. The normalized spacial score (nSPS) is 12.8. The second-order valence-electron chi connectivity index (χ2n) is 6.04. The maximum Gasteiger partial charge on any atom is 0.249 e. The first-order valence-electron chi connectivity index (χ1n) is 8.74. The van der Waals surface area contributed by atoms with Gasteiger partial charge in [0.1, 0.15) is 18.5 Å². The van der Waals surface area contributed by atoms with Crippen LogP contribution in [0.25, 0.3) is 0 Å². The number of amides is 1. The monoisotopic (exact) mass is 354 g/mol. The number of hydrogen-bond acceptors (Lipinski definition) is 4. The van der Waals surface area contributed by atoms with E-state index in [9.17, 15) is 4.79 Å². The quantitative estimate of drug-likeness (QED) is 0.520. The second kappa shape index (κ2) is 10.4. The van der Waals surface area contributed by atoms with Gasteiger partial charge in [-0.3, -0.25) is 9.78 Å². The van der Waals surface area contributed by atoms with Crippen molar-refractivity contribution in [1.29, 1.82) is 0 Å². The Morgan fingerprint density at radius 3 is 2.69 bits per heavy atom. The summed E-state index contributed by atoms with van der Waals surface area (Å²) in [5.41, 5.74) is 2.02. The van der Waals surface area contributed by atoms with E-state index in [0.717, 1.165) is 23.3 Å². The molecule has 1 N–H and O–H groups in total. The maximum absolute atomic E-state index is 12.2. The van der Waals surface area contributed by atoms with Crippen LogP contribution in [0, 0.1) is 0 Å². The first-order chi connectivity index (χ1) is 12.6. The third-order valence-corrected chi connectivity index (χ3v) is 3.93. The van der Waals surface area contributed by atoms with Gasteiger partial charge in [-0.1, -0.05) is 24.3 Å².